The van der Waals surface area contributed by atoms with Crippen molar-refractivity contribution in [2.24, 2.45) is 5.16 Å². The van der Waals surface area contributed by atoms with Crippen LogP contribution in [-0.4, -0.2) is 18.9 Å². The van der Waals surface area contributed by atoms with Gasteiger partial charge < -0.3 is 5.32 Å². The molecule has 0 aliphatic rings. The number of amides is 1. The van der Waals surface area contributed by atoms with Crippen molar-refractivity contribution >= 4 is 33.2 Å². The third-order valence-electron chi connectivity index (χ3n) is 2.64. The molecular formula is C13H14N2O2S. The van der Waals surface area contributed by atoms with Crippen molar-refractivity contribution in [1.29, 1.82) is 0 Å². The molecule has 0 spiro atoms. The van der Waals surface area contributed by atoms with Crippen molar-refractivity contribution < 1.29 is 9.63 Å². The van der Waals surface area contributed by atoms with Crippen LogP contribution in [0.5, 0.6) is 0 Å². The second-order valence-electron chi connectivity index (χ2n) is 3.86. The highest BCUT2D eigenvalue weighted by Gasteiger charge is 2.11. The molecule has 1 heterocycles. The molecule has 5 heteroatoms. The molecule has 2 aromatic rings. The van der Waals surface area contributed by atoms with Crippen LogP contribution in [0.4, 0.5) is 4.79 Å². The Kier molecular flexibility index (Phi) is 3.62. The number of nitrogens with zero attached hydrogens (tertiary/aromatic N) is 1. The van der Waals surface area contributed by atoms with Crippen LogP contribution in [0.2, 0.25) is 0 Å². The minimum absolute atomic E-state index is 0.562. The summed E-state index contributed by atoms with van der Waals surface area (Å²) >= 11 is 1.65. The fourth-order valence-corrected chi connectivity index (χ4v) is 2.86. The van der Waals surface area contributed by atoms with Crippen molar-refractivity contribution in [3.8, 4) is 0 Å². The van der Waals surface area contributed by atoms with Gasteiger partial charge in [-0.2, -0.15) is 0 Å². The number of hydrogen-bond acceptors (Lipinski definition) is 4. The monoisotopic (exact) mass is 262 g/mol. The first-order valence-electron chi connectivity index (χ1n) is 5.55. The molecule has 0 saturated carbocycles. The number of nitrogens with one attached hydrogen (secondary N) is 1. The van der Waals surface area contributed by atoms with Gasteiger partial charge >= 0.3 is 6.09 Å². The van der Waals surface area contributed by atoms with Gasteiger partial charge in [-0.1, -0.05) is 23.4 Å². The number of carbonyl (C=O) groups is 1. The van der Waals surface area contributed by atoms with E-state index in [2.05, 4.69) is 22.6 Å². The van der Waals surface area contributed by atoms with Gasteiger partial charge in [0.15, 0.2) is 0 Å². The maximum atomic E-state index is 11.0. The quantitative estimate of drug-likeness (QED) is 0.513. The van der Waals surface area contributed by atoms with Crippen LogP contribution in [0.15, 0.2) is 29.4 Å². The second-order valence-corrected chi connectivity index (χ2v) is 4.91. The number of fused-ring (bicyclic) bond motifs is 1. The van der Waals surface area contributed by atoms with Gasteiger partial charge in [-0.15, -0.1) is 11.3 Å². The zero-order valence-corrected chi connectivity index (χ0v) is 11.3. The third-order valence-corrected chi connectivity index (χ3v) is 4.02. The normalized spacial score (nSPS) is 11.6. The van der Waals surface area contributed by atoms with E-state index < -0.39 is 6.09 Å². The summed E-state index contributed by atoms with van der Waals surface area (Å²) in [5.74, 6) is 0. The van der Waals surface area contributed by atoms with Crippen LogP contribution in [-0.2, 0) is 4.84 Å². The minimum Gasteiger partial charge on any atom is -0.323 e. The van der Waals surface area contributed by atoms with Crippen LogP contribution in [0, 0.1) is 6.92 Å². The van der Waals surface area contributed by atoms with E-state index in [1.807, 2.05) is 26.0 Å². The summed E-state index contributed by atoms with van der Waals surface area (Å²) in [6, 6.07) is 8.18. The van der Waals surface area contributed by atoms with Crippen molar-refractivity contribution in [3.05, 3.63) is 34.7 Å². The topological polar surface area (TPSA) is 50.7 Å². The molecule has 0 saturated heterocycles. The molecule has 1 aromatic carbocycles. The molecule has 0 atom stereocenters. The Morgan fingerprint density at radius 1 is 1.39 bits per heavy atom. The SMILES string of the molecule is CNC(=O)ON=C(C)c1sc2ccccc2c1C. The van der Waals surface area contributed by atoms with E-state index in [9.17, 15) is 4.79 Å². The lowest BCUT2D eigenvalue weighted by Crippen LogP contribution is -2.17. The Morgan fingerprint density at radius 2 is 2.11 bits per heavy atom. The fourth-order valence-electron chi connectivity index (χ4n) is 1.72. The lowest BCUT2D eigenvalue weighted by atomic mass is 10.1. The van der Waals surface area contributed by atoms with Gasteiger partial charge in [-0.3, -0.25) is 4.84 Å². The Labute approximate surface area is 109 Å². The molecule has 1 aromatic heterocycles. The van der Waals surface area contributed by atoms with Crippen molar-refractivity contribution in [1.82, 2.24) is 5.32 Å². The number of carbonyl (C=O) groups excluding carboxylic acids is 1. The van der Waals surface area contributed by atoms with Crippen molar-refractivity contribution in [3.63, 3.8) is 0 Å². The molecule has 1 N–H and O–H groups in total. The van der Waals surface area contributed by atoms with Crippen molar-refractivity contribution in [2.45, 2.75) is 13.8 Å². The van der Waals surface area contributed by atoms with Gasteiger partial charge in [0, 0.05) is 11.7 Å². The summed E-state index contributed by atoms with van der Waals surface area (Å²) < 4.78 is 1.21. The summed E-state index contributed by atoms with van der Waals surface area (Å²) in [6.45, 7) is 3.88. The van der Waals surface area contributed by atoms with Gasteiger partial charge in [0.1, 0.15) is 0 Å². The van der Waals surface area contributed by atoms with Gasteiger partial charge in [0.2, 0.25) is 0 Å². The lowest BCUT2D eigenvalue weighted by molar-refractivity contribution is 0.153. The average molecular weight is 262 g/mol. The molecule has 18 heavy (non-hydrogen) atoms. The molecule has 0 radical (unpaired) electrons. The first kappa shape index (κ1) is 12.6. The predicted molar refractivity (Wildman–Crippen MR) is 74.3 cm³/mol. The molecule has 1 amide bonds. The van der Waals surface area contributed by atoms with Crippen LogP contribution < -0.4 is 5.32 Å². The maximum absolute atomic E-state index is 11.0. The largest absolute Gasteiger partial charge is 0.433 e. The highest BCUT2D eigenvalue weighted by Crippen LogP contribution is 2.30. The number of hydrogen-bond donors (Lipinski definition) is 1. The zero-order valence-electron chi connectivity index (χ0n) is 10.5. The molecule has 0 unspecified atom stereocenters. The molecule has 4 nitrogen and oxygen atoms in total. The Balaban J connectivity index is 2.36. The third kappa shape index (κ3) is 2.36. The van der Waals surface area contributed by atoms with Gasteiger partial charge in [-0.25, -0.2) is 4.79 Å². The number of rotatable bonds is 2. The summed E-state index contributed by atoms with van der Waals surface area (Å²) in [4.78, 5) is 16.7. The first-order valence-corrected chi connectivity index (χ1v) is 6.37. The Bertz CT molecular complexity index is 616. The smallest absolute Gasteiger partial charge is 0.323 e. The summed E-state index contributed by atoms with van der Waals surface area (Å²) in [5, 5.41) is 7.40. The van der Waals surface area contributed by atoms with Crippen LogP contribution >= 0.6 is 11.3 Å². The Morgan fingerprint density at radius 3 is 2.78 bits per heavy atom. The molecule has 2 rings (SSSR count). The van der Waals surface area contributed by atoms with Crippen LogP contribution in [0.3, 0.4) is 0 Å². The number of thiophene rings is 1. The van der Waals surface area contributed by atoms with E-state index in [1.54, 1.807) is 11.3 Å². The number of oxime groups is 1. The molecule has 0 fully saturated rings. The molecule has 94 valence electrons. The fraction of sp³-hybridized carbons (Fsp3) is 0.231. The second kappa shape index (κ2) is 5.18. The van der Waals surface area contributed by atoms with E-state index in [4.69, 9.17) is 4.84 Å². The van der Waals surface area contributed by atoms with E-state index in [0.717, 1.165) is 10.4 Å². The maximum Gasteiger partial charge on any atom is 0.433 e. The molecule has 0 aliphatic heterocycles. The van der Waals surface area contributed by atoms with E-state index >= 15 is 0 Å². The van der Waals surface area contributed by atoms with E-state index in [-0.39, 0.29) is 0 Å². The van der Waals surface area contributed by atoms with Crippen molar-refractivity contribution in [2.75, 3.05) is 7.05 Å². The van der Waals surface area contributed by atoms with Gasteiger partial charge in [-0.05, 0) is 30.9 Å². The molecule has 0 aliphatic carbocycles. The highest BCUT2D eigenvalue weighted by molar-refractivity contribution is 7.21. The standard InChI is InChI=1S/C13H14N2O2S/c1-8-10-6-4-5-7-11(10)18-12(8)9(2)15-17-13(16)14-3/h4-7H,1-3H3,(H,14,16). The van der Waals surface area contributed by atoms with Gasteiger partial charge in [0.25, 0.3) is 0 Å². The minimum atomic E-state index is -0.562. The first-order chi connectivity index (χ1) is 8.63. The highest BCUT2D eigenvalue weighted by atomic mass is 32.1. The zero-order chi connectivity index (χ0) is 13.1. The molecule has 0 bridgehead atoms. The lowest BCUT2D eigenvalue weighted by Gasteiger charge is -1.99. The average Bonchev–Trinajstić information content (AvgIpc) is 2.73. The number of aryl methyl sites for hydroxylation is 1. The summed E-state index contributed by atoms with van der Waals surface area (Å²) in [7, 11) is 1.50. The Hall–Kier alpha value is -1.88. The van der Waals surface area contributed by atoms with E-state index in [1.165, 1.54) is 17.1 Å². The van der Waals surface area contributed by atoms with E-state index in [0.29, 0.717) is 5.71 Å². The van der Waals surface area contributed by atoms with Crippen LogP contribution in [0.25, 0.3) is 10.1 Å². The molecular weight excluding hydrogens is 248 g/mol. The summed E-state index contributed by atoms with van der Waals surface area (Å²) in [6.07, 6.45) is -0.562. The van der Waals surface area contributed by atoms with Crippen LogP contribution in [0.1, 0.15) is 17.4 Å². The number of benzene rings is 1. The predicted octanol–water partition coefficient (Wildman–Crippen LogP) is 3.29. The summed E-state index contributed by atoms with van der Waals surface area (Å²) in [5.41, 5.74) is 1.87. The van der Waals surface area contributed by atoms with Gasteiger partial charge in [0.05, 0.1) is 10.6 Å².